The monoisotopic (exact) mass is 372 g/mol. The van der Waals surface area contributed by atoms with Gasteiger partial charge >= 0.3 is 0 Å². The van der Waals surface area contributed by atoms with Crippen LogP contribution < -0.4 is 0 Å². The van der Waals surface area contributed by atoms with E-state index in [-0.39, 0.29) is 0 Å². The summed E-state index contributed by atoms with van der Waals surface area (Å²) in [6.45, 7) is 0. The van der Waals surface area contributed by atoms with Crippen LogP contribution in [0.5, 0.6) is 0 Å². The van der Waals surface area contributed by atoms with E-state index in [2.05, 4.69) is 87.2 Å². The molecule has 0 aliphatic rings. The zero-order valence-corrected chi connectivity index (χ0v) is 14.4. The van der Waals surface area contributed by atoms with Crippen LogP contribution in [0.3, 0.4) is 0 Å². The molecule has 3 aromatic carbocycles. The van der Waals surface area contributed by atoms with E-state index in [1.54, 1.807) is 0 Å². The SMILES string of the molecule is Brc1ccccc1-c1cc2ccccc2c2c3ccccc3nn12. The number of rotatable bonds is 1. The maximum absolute atomic E-state index is 4.88. The third-order valence-electron chi connectivity index (χ3n) is 4.46. The van der Waals surface area contributed by atoms with Gasteiger partial charge < -0.3 is 0 Å². The third-order valence-corrected chi connectivity index (χ3v) is 5.16. The zero-order chi connectivity index (χ0) is 16.1. The molecule has 24 heavy (non-hydrogen) atoms. The first-order valence-corrected chi connectivity index (χ1v) is 8.66. The van der Waals surface area contributed by atoms with E-state index in [0.717, 1.165) is 26.8 Å². The minimum Gasteiger partial charge on any atom is -0.231 e. The number of benzene rings is 3. The average Bonchev–Trinajstić information content (AvgIpc) is 3.01. The minimum absolute atomic E-state index is 1.02. The summed E-state index contributed by atoms with van der Waals surface area (Å²) in [6.07, 6.45) is 0. The minimum atomic E-state index is 1.02. The van der Waals surface area contributed by atoms with Crippen LogP contribution in [0.15, 0.2) is 83.3 Å². The van der Waals surface area contributed by atoms with Crippen molar-refractivity contribution in [3.8, 4) is 11.3 Å². The molecule has 0 N–H and O–H groups in total. The molecule has 2 heterocycles. The molecular weight excluding hydrogens is 360 g/mol. The highest BCUT2D eigenvalue weighted by Crippen LogP contribution is 2.35. The van der Waals surface area contributed by atoms with E-state index in [1.807, 2.05) is 12.1 Å². The lowest BCUT2D eigenvalue weighted by Gasteiger charge is -2.10. The standard InChI is InChI=1S/C21H13BrN2/c22-18-11-5-3-9-16(18)20-13-14-7-1-2-8-15(14)21-17-10-4-6-12-19(17)23-24(20)21/h1-13H. The fraction of sp³-hybridized carbons (Fsp3) is 0. The number of hydrogen-bond acceptors (Lipinski definition) is 1. The zero-order valence-electron chi connectivity index (χ0n) is 12.8. The Morgan fingerprint density at radius 3 is 2.33 bits per heavy atom. The van der Waals surface area contributed by atoms with Gasteiger partial charge in [-0.1, -0.05) is 76.6 Å². The van der Waals surface area contributed by atoms with Crippen molar-refractivity contribution in [1.29, 1.82) is 0 Å². The smallest absolute Gasteiger partial charge is 0.0934 e. The molecule has 0 bridgehead atoms. The van der Waals surface area contributed by atoms with Gasteiger partial charge in [-0.25, -0.2) is 4.52 Å². The summed E-state index contributed by atoms with van der Waals surface area (Å²) in [4.78, 5) is 0. The summed E-state index contributed by atoms with van der Waals surface area (Å²) in [7, 11) is 0. The maximum Gasteiger partial charge on any atom is 0.0934 e. The van der Waals surface area contributed by atoms with Crippen molar-refractivity contribution in [2.45, 2.75) is 0 Å². The lowest BCUT2D eigenvalue weighted by molar-refractivity contribution is 0.995. The van der Waals surface area contributed by atoms with Crippen molar-refractivity contribution < 1.29 is 0 Å². The van der Waals surface area contributed by atoms with E-state index >= 15 is 0 Å². The third kappa shape index (κ3) is 1.91. The van der Waals surface area contributed by atoms with E-state index < -0.39 is 0 Å². The molecule has 114 valence electrons. The van der Waals surface area contributed by atoms with Gasteiger partial charge in [-0.2, -0.15) is 5.10 Å². The molecule has 0 fully saturated rings. The number of halogens is 1. The Bertz CT molecular complexity index is 1220. The van der Waals surface area contributed by atoms with Crippen LogP contribution >= 0.6 is 15.9 Å². The molecule has 0 spiro atoms. The van der Waals surface area contributed by atoms with Gasteiger partial charge in [0.2, 0.25) is 0 Å². The number of hydrogen-bond donors (Lipinski definition) is 0. The van der Waals surface area contributed by atoms with Gasteiger partial charge in [-0.3, -0.25) is 0 Å². The molecule has 2 aromatic heterocycles. The first-order valence-electron chi connectivity index (χ1n) is 7.87. The number of nitrogens with zero attached hydrogens (tertiary/aromatic N) is 2. The van der Waals surface area contributed by atoms with Crippen LogP contribution in [-0.4, -0.2) is 9.61 Å². The van der Waals surface area contributed by atoms with Gasteiger partial charge in [0.05, 0.1) is 16.7 Å². The van der Waals surface area contributed by atoms with Crippen LogP contribution in [0.25, 0.3) is 38.4 Å². The van der Waals surface area contributed by atoms with E-state index in [0.29, 0.717) is 0 Å². The Balaban J connectivity index is 2.05. The highest BCUT2D eigenvalue weighted by atomic mass is 79.9. The molecule has 3 heteroatoms. The highest BCUT2D eigenvalue weighted by Gasteiger charge is 2.14. The first kappa shape index (κ1) is 13.8. The van der Waals surface area contributed by atoms with Gasteiger partial charge in [-0.05, 0) is 23.6 Å². The van der Waals surface area contributed by atoms with Gasteiger partial charge in [-0.15, -0.1) is 0 Å². The van der Waals surface area contributed by atoms with Crippen molar-refractivity contribution in [3.05, 3.63) is 83.3 Å². The fourth-order valence-electron chi connectivity index (χ4n) is 3.37. The van der Waals surface area contributed by atoms with E-state index in [9.17, 15) is 0 Å². The van der Waals surface area contributed by atoms with Crippen molar-refractivity contribution in [1.82, 2.24) is 9.61 Å². The molecule has 0 amide bonds. The summed E-state index contributed by atoms with van der Waals surface area (Å²) in [6, 6.07) is 27.3. The van der Waals surface area contributed by atoms with Crippen molar-refractivity contribution in [2.75, 3.05) is 0 Å². The van der Waals surface area contributed by atoms with Crippen LogP contribution in [0.2, 0.25) is 0 Å². The number of pyridine rings is 1. The Morgan fingerprint density at radius 1 is 0.750 bits per heavy atom. The van der Waals surface area contributed by atoms with Crippen LogP contribution in [0, 0.1) is 0 Å². The van der Waals surface area contributed by atoms with Gasteiger partial charge in [0.25, 0.3) is 0 Å². The Kier molecular flexibility index (Phi) is 2.97. The van der Waals surface area contributed by atoms with Crippen molar-refractivity contribution in [3.63, 3.8) is 0 Å². The maximum atomic E-state index is 4.88. The predicted octanol–water partition coefficient (Wildman–Crippen LogP) is 6.07. The van der Waals surface area contributed by atoms with Crippen LogP contribution in [-0.2, 0) is 0 Å². The summed E-state index contributed by atoms with van der Waals surface area (Å²) in [5.74, 6) is 0. The Labute approximate surface area is 147 Å². The Hall–Kier alpha value is -2.65. The summed E-state index contributed by atoms with van der Waals surface area (Å²) in [5.41, 5.74) is 4.41. The second-order valence-electron chi connectivity index (χ2n) is 5.87. The van der Waals surface area contributed by atoms with Gasteiger partial charge in [0.1, 0.15) is 0 Å². The van der Waals surface area contributed by atoms with Gasteiger partial charge in [0.15, 0.2) is 0 Å². The molecule has 0 unspecified atom stereocenters. The van der Waals surface area contributed by atoms with E-state index in [4.69, 9.17) is 5.10 Å². The second kappa shape index (κ2) is 5.18. The number of aromatic nitrogens is 2. The van der Waals surface area contributed by atoms with Crippen molar-refractivity contribution >= 4 is 43.1 Å². The molecule has 0 aliphatic heterocycles. The predicted molar refractivity (Wildman–Crippen MR) is 103 cm³/mol. The lowest BCUT2D eigenvalue weighted by atomic mass is 10.0. The van der Waals surface area contributed by atoms with Crippen molar-refractivity contribution in [2.24, 2.45) is 0 Å². The Morgan fingerprint density at radius 2 is 1.46 bits per heavy atom. The first-order chi connectivity index (χ1) is 11.8. The molecule has 0 radical (unpaired) electrons. The fourth-order valence-corrected chi connectivity index (χ4v) is 3.86. The van der Waals surface area contributed by atoms with Crippen LogP contribution in [0.1, 0.15) is 0 Å². The lowest BCUT2D eigenvalue weighted by Crippen LogP contribution is -1.95. The second-order valence-corrected chi connectivity index (χ2v) is 6.73. The molecule has 0 aliphatic carbocycles. The average molecular weight is 373 g/mol. The molecule has 0 saturated carbocycles. The summed E-state index contributed by atoms with van der Waals surface area (Å²) < 4.78 is 3.15. The summed E-state index contributed by atoms with van der Waals surface area (Å²) in [5, 5.41) is 8.51. The molecule has 2 nitrogen and oxygen atoms in total. The highest BCUT2D eigenvalue weighted by molar-refractivity contribution is 9.10. The normalized spacial score (nSPS) is 11.5. The molecule has 5 aromatic rings. The van der Waals surface area contributed by atoms with Crippen LogP contribution in [0.4, 0.5) is 0 Å². The summed E-state index contributed by atoms with van der Waals surface area (Å²) >= 11 is 3.69. The molecule has 5 rings (SSSR count). The largest absolute Gasteiger partial charge is 0.231 e. The molecule has 0 saturated heterocycles. The number of fused-ring (bicyclic) bond motifs is 5. The topological polar surface area (TPSA) is 17.3 Å². The molecular formula is C21H13BrN2. The molecule has 0 atom stereocenters. The quantitative estimate of drug-likeness (QED) is 0.349. The van der Waals surface area contributed by atoms with Gasteiger partial charge in [0, 0.05) is 20.8 Å². The van der Waals surface area contributed by atoms with E-state index in [1.165, 1.54) is 16.2 Å².